The van der Waals surface area contributed by atoms with Crippen molar-refractivity contribution >= 4 is 28.7 Å². The number of carbonyl (C=O) groups is 2. The monoisotopic (exact) mass is 443 g/mol. The van der Waals surface area contributed by atoms with Crippen LogP contribution in [0.5, 0.6) is 0 Å². The molecule has 0 aliphatic carbocycles. The maximum atomic E-state index is 14.3. The molecule has 2 aromatic carbocycles. The van der Waals surface area contributed by atoms with Gasteiger partial charge in [0.1, 0.15) is 17.2 Å². The molecule has 0 spiro atoms. The molecule has 0 aliphatic heterocycles. The number of nitrogens with zero attached hydrogens (tertiary/aromatic N) is 2. The molecule has 10 nitrogen and oxygen atoms in total. The van der Waals surface area contributed by atoms with Crippen LogP contribution in [0.4, 0.5) is 19.7 Å². The number of aliphatic hydroxyl groups is 1. The van der Waals surface area contributed by atoms with Gasteiger partial charge in [-0.15, -0.1) is 0 Å². The fourth-order valence-electron chi connectivity index (χ4n) is 3.16. The molecule has 3 aromatic rings. The van der Waals surface area contributed by atoms with Crippen LogP contribution in [-0.4, -0.2) is 45.0 Å². The number of halogens is 1. The number of urea groups is 1. The second-order valence-corrected chi connectivity index (χ2v) is 6.93. The van der Waals surface area contributed by atoms with Gasteiger partial charge < -0.3 is 26.2 Å². The summed E-state index contributed by atoms with van der Waals surface area (Å²) in [6, 6.07) is 8.84. The van der Waals surface area contributed by atoms with Gasteiger partial charge in [-0.2, -0.15) is 0 Å². The second kappa shape index (κ2) is 9.88. The minimum Gasteiger partial charge on any atom is -0.465 e. The van der Waals surface area contributed by atoms with E-state index in [0.717, 1.165) is 6.07 Å². The number of hydrogen-bond donors (Lipinski definition) is 5. The molecule has 5 N–H and O–H groups in total. The van der Waals surface area contributed by atoms with Crippen molar-refractivity contribution < 1.29 is 24.2 Å². The van der Waals surface area contributed by atoms with E-state index in [0.29, 0.717) is 17.8 Å². The van der Waals surface area contributed by atoms with E-state index in [1.54, 1.807) is 18.2 Å². The molecule has 0 aliphatic rings. The highest BCUT2D eigenvalue weighted by Crippen LogP contribution is 2.21. The lowest BCUT2D eigenvalue weighted by Crippen LogP contribution is -2.32. The van der Waals surface area contributed by atoms with Gasteiger partial charge in [0.2, 0.25) is 0 Å². The van der Waals surface area contributed by atoms with Gasteiger partial charge in [0.25, 0.3) is 5.56 Å². The quantitative estimate of drug-likeness (QED) is 0.355. The molecule has 1 unspecified atom stereocenters. The van der Waals surface area contributed by atoms with Gasteiger partial charge in [-0.3, -0.25) is 9.36 Å². The molecule has 168 valence electrons. The number of aliphatic hydroxyl groups excluding tert-OH is 1. The molecule has 1 atom stereocenters. The zero-order valence-electron chi connectivity index (χ0n) is 17.1. The highest BCUT2D eigenvalue weighted by molar-refractivity contribution is 5.89. The van der Waals surface area contributed by atoms with Crippen molar-refractivity contribution in [1.29, 1.82) is 0 Å². The van der Waals surface area contributed by atoms with Gasteiger partial charge >= 0.3 is 12.1 Å². The van der Waals surface area contributed by atoms with Crippen LogP contribution in [0.1, 0.15) is 25.2 Å². The molecular formula is C21H22FN5O5. The summed E-state index contributed by atoms with van der Waals surface area (Å²) in [7, 11) is 0. The molecule has 1 heterocycles. The van der Waals surface area contributed by atoms with Crippen LogP contribution in [-0.2, 0) is 0 Å². The first kappa shape index (κ1) is 22.7. The third-order valence-corrected chi connectivity index (χ3v) is 4.59. The summed E-state index contributed by atoms with van der Waals surface area (Å²) in [4.78, 5) is 40.7. The third-order valence-electron chi connectivity index (χ3n) is 4.59. The fraction of sp³-hybridized carbons (Fsp3) is 0.238. The average molecular weight is 443 g/mol. The van der Waals surface area contributed by atoms with Crippen LogP contribution in [0.3, 0.4) is 0 Å². The zero-order valence-corrected chi connectivity index (χ0v) is 17.1. The normalized spacial score (nSPS) is 11.7. The van der Waals surface area contributed by atoms with Crippen molar-refractivity contribution in [2.75, 3.05) is 18.5 Å². The largest absolute Gasteiger partial charge is 0.465 e. The smallest absolute Gasteiger partial charge is 0.405 e. The first-order valence-electron chi connectivity index (χ1n) is 9.78. The maximum Gasteiger partial charge on any atom is 0.405 e. The summed E-state index contributed by atoms with van der Waals surface area (Å²) in [6.45, 7) is 1.71. The van der Waals surface area contributed by atoms with Crippen LogP contribution in [0, 0.1) is 5.82 Å². The molecule has 3 rings (SSSR count). The molecule has 11 heteroatoms. The van der Waals surface area contributed by atoms with Crippen molar-refractivity contribution in [1.82, 2.24) is 20.2 Å². The molecule has 0 bridgehead atoms. The van der Waals surface area contributed by atoms with Crippen molar-refractivity contribution in [2.45, 2.75) is 19.4 Å². The number of rotatable bonds is 7. The molecule has 0 fully saturated rings. The van der Waals surface area contributed by atoms with Crippen molar-refractivity contribution in [3.05, 3.63) is 64.5 Å². The molecule has 32 heavy (non-hydrogen) atoms. The Bertz CT molecular complexity index is 1210. The fourth-order valence-corrected chi connectivity index (χ4v) is 3.16. The lowest BCUT2D eigenvalue weighted by molar-refractivity contribution is 0.190. The molecule has 1 aromatic heterocycles. The van der Waals surface area contributed by atoms with Crippen LogP contribution >= 0.6 is 0 Å². The Hall–Kier alpha value is -3.99. The molecule has 3 amide bonds. The molecule has 0 saturated heterocycles. The zero-order chi connectivity index (χ0) is 23.3. The summed E-state index contributed by atoms with van der Waals surface area (Å²) in [5.74, 6) is -0.718. The van der Waals surface area contributed by atoms with Gasteiger partial charge in [0.05, 0.1) is 17.1 Å². The predicted molar refractivity (Wildman–Crippen MR) is 116 cm³/mol. The van der Waals surface area contributed by atoms with E-state index in [1.165, 1.54) is 29.7 Å². The summed E-state index contributed by atoms with van der Waals surface area (Å²) in [5, 5.41) is 25.4. The Morgan fingerprint density at radius 3 is 2.69 bits per heavy atom. The second-order valence-electron chi connectivity index (χ2n) is 6.93. The van der Waals surface area contributed by atoms with Crippen molar-refractivity contribution in [2.24, 2.45) is 0 Å². The van der Waals surface area contributed by atoms with E-state index in [4.69, 9.17) is 10.2 Å². The van der Waals surface area contributed by atoms with E-state index >= 15 is 0 Å². The summed E-state index contributed by atoms with van der Waals surface area (Å²) in [5.41, 5.74) is -0.0932. The predicted octanol–water partition coefficient (Wildman–Crippen LogP) is 2.36. The van der Waals surface area contributed by atoms with Crippen LogP contribution < -0.4 is 21.5 Å². The Balaban J connectivity index is 2.09. The van der Waals surface area contributed by atoms with Gasteiger partial charge in [0, 0.05) is 18.8 Å². The molecular weight excluding hydrogens is 421 g/mol. The standard InChI is InChI=1S/C21H22FN5O5/c1-12(24-21(31)32)18-26-17-15(7-3-8-16(17)22)19(29)27(18)14-6-2-5-13(11-14)25-20(30)23-9-4-10-28/h2-3,5-8,11-12,24,28H,4,9-10H2,1H3,(H,31,32)(H2,23,25,30). The number of para-hydroxylation sites is 1. The topological polar surface area (TPSA) is 146 Å². The summed E-state index contributed by atoms with van der Waals surface area (Å²) in [6.07, 6.45) is -0.929. The number of anilines is 1. The SMILES string of the molecule is CC(NC(=O)O)c1nc2c(F)cccc2c(=O)n1-c1cccc(NC(=O)NCCCO)c1. The van der Waals surface area contributed by atoms with E-state index in [9.17, 15) is 18.8 Å². The van der Waals surface area contributed by atoms with Crippen molar-refractivity contribution in [3.63, 3.8) is 0 Å². The van der Waals surface area contributed by atoms with E-state index in [1.807, 2.05) is 0 Å². The number of carbonyl (C=O) groups excluding carboxylic acids is 1. The number of carboxylic acid groups (broad SMARTS) is 1. The third kappa shape index (κ3) is 5.01. The minimum atomic E-state index is -1.33. The lowest BCUT2D eigenvalue weighted by atomic mass is 10.2. The van der Waals surface area contributed by atoms with Crippen LogP contribution in [0.15, 0.2) is 47.3 Å². The van der Waals surface area contributed by atoms with Crippen molar-refractivity contribution in [3.8, 4) is 5.69 Å². The van der Waals surface area contributed by atoms with Crippen LogP contribution in [0.25, 0.3) is 16.6 Å². The number of amides is 3. The highest BCUT2D eigenvalue weighted by atomic mass is 19.1. The average Bonchev–Trinajstić information content (AvgIpc) is 2.74. The first-order chi connectivity index (χ1) is 15.3. The van der Waals surface area contributed by atoms with Gasteiger partial charge in [-0.1, -0.05) is 12.1 Å². The van der Waals surface area contributed by atoms with Crippen LogP contribution in [0.2, 0.25) is 0 Å². The van der Waals surface area contributed by atoms with Gasteiger partial charge in [0.15, 0.2) is 0 Å². The number of fused-ring (bicyclic) bond motifs is 1. The van der Waals surface area contributed by atoms with Gasteiger partial charge in [-0.25, -0.2) is 19.0 Å². The summed E-state index contributed by atoms with van der Waals surface area (Å²) >= 11 is 0. The Morgan fingerprint density at radius 1 is 1.22 bits per heavy atom. The number of aromatic nitrogens is 2. The number of nitrogens with one attached hydrogen (secondary N) is 3. The van der Waals surface area contributed by atoms with Gasteiger partial charge in [-0.05, 0) is 43.7 Å². The van der Waals surface area contributed by atoms with E-state index in [2.05, 4.69) is 20.9 Å². The summed E-state index contributed by atoms with van der Waals surface area (Å²) < 4.78 is 15.5. The number of benzene rings is 2. The number of hydrogen-bond acceptors (Lipinski definition) is 5. The Kier molecular flexibility index (Phi) is 7.00. The highest BCUT2D eigenvalue weighted by Gasteiger charge is 2.21. The molecule has 0 saturated carbocycles. The lowest BCUT2D eigenvalue weighted by Gasteiger charge is -2.19. The Morgan fingerprint density at radius 2 is 1.97 bits per heavy atom. The minimum absolute atomic E-state index is 0.0143. The Labute approximate surface area is 181 Å². The van der Waals surface area contributed by atoms with E-state index in [-0.39, 0.29) is 29.9 Å². The first-order valence-corrected chi connectivity index (χ1v) is 9.78. The molecule has 0 radical (unpaired) electrons. The maximum absolute atomic E-state index is 14.3. The van der Waals surface area contributed by atoms with E-state index < -0.39 is 29.5 Å².